The lowest BCUT2D eigenvalue weighted by molar-refractivity contribution is 0.311. The lowest BCUT2D eigenvalue weighted by Crippen LogP contribution is -2.28. The topological polar surface area (TPSA) is 51.1 Å². The first kappa shape index (κ1) is 12.4. The van der Waals surface area contributed by atoms with Crippen LogP contribution in [0.15, 0.2) is 0 Å². The fourth-order valence-corrected chi connectivity index (χ4v) is 1.86. The summed E-state index contributed by atoms with van der Waals surface area (Å²) in [5.41, 5.74) is 0. The van der Waals surface area contributed by atoms with Crippen LogP contribution in [0.25, 0.3) is 0 Å². The van der Waals surface area contributed by atoms with Gasteiger partial charge in [0.25, 0.3) is 0 Å². The molecule has 0 N–H and O–H groups in total. The van der Waals surface area contributed by atoms with Gasteiger partial charge in [0.2, 0.25) is 11.2 Å². The van der Waals surface area contributed by atoms with Gasteiger partial charge in [0.1, 0.15) is 0 Å². The molecule has 0 atom stereocenters. The second kappa shape index (κ2) is 5.49. The molecule has 2 rings (SSSR count). The Bertz CT molecular complexity index is 384. The molecule has 17 heavy (non-hydrogen) atoms. The third-order valence-electron chi connectivity index (χ3n) is 2.56. The molecule has 1 aliphatic carbocycles. The Labute approximate surface area is 106 Å². The lowest BCUT2D eigenvalue weighted by Gasteiger charge is -2.21. The van der Waals surface area contributed by atoms with Crippen molar-refractivity contribution in [1.82, 2.24) is 15.0 Å². The fraction of sp³-hybridized carbons (Fsp3) is 0.727. The summed E-state index contributed by atoms with van der Waals surface area (Å²) in [6.45, 7) is 5.50. The second-order valence-electron chi connectivity index (χ2n) is 4.04. The number of hydrogen-bond donors (Lipinski definition) is 0. The van der Waals surface area contributed by atoms with Gasteiger partial charge < -0.3 is 9.64 Å². The quantitative estimate of drug-likeness (QED) is 0.782. The monoisotopic (exact) mass is 256 g/mol. The standard InChI is InChI=1S/C11H17ClN4O/c1-3-7-16(8-5-6-8)10-13-9(12)14-11(15-10)17-4-2/h8H,3-7H2,1-2H3. The van der Waals surface area contributed by atoms with Crippen LogP contribution in [0.3, 0.4) is 0 Å². The highest BCUT2D eigenvalue weighted by Crippen LogP contribution is 2.30. The zero-order valence-corrected chi connectivity index (χ0v) is 10.9. The van der Waals surface area contributed by atoms with E-state index in [1.807, 2.05) is 6.92 Å². The maximum atomic E-state index is 5.89. The van der Waals surface area contributed by atoms with Crippen LogP contribution in [0.5, 0.6) is 6.01 Å². The van der Waals surface area contributed by atoms with Gasteiger partial charge in [-0.05, 0) is 37.8 Å². The van der Waals surface area contributed by atoms with Crippen LogP contribution < -0.4 is 9.64 Å². The molecule has 0 saturated heterocycles. The average Bonchev–Trinajstić information content (AvgIpc) is 3.09. The van der Waals surface area contributed by atoms with Crippen molar-refractivity contribution in [2.75, 3.05) is 18.1 Å². The van der Waals surface area contributed by atoms with Gasteiger partial charge in [-0.1, -0.05) is 6.92 Å². The van der Waals surface area contributed by atoms with E-state index in [1.54, 1.807) is 0 Å². The van der Waals surface area contributed by atoms with Gasteiger partial charge in [0, 0.05) is 12.6 Å². The molecule has 0 bridgehead atoms. The molecule has 0 unspecified atom stereocenters. The van der Waals surface area contributed by atoms with Crippen molar-refractivity contribution in [3.63, 3.8) is 0 Å². The van der Waals surface area contributed by atoms with Crippen LogP contribution in [0, 0.1) is 0 Å². The summed E-state index contributed by atoms with van der Waals surface area (Å²) in [4.78, 5) is 14.6. The molecule has 1 fully saturated rings. The highest BCUT2D eigenvalue weighted by atomic mass is 35.5. The molecule has 1 aromatic heterocycles. The van der Waals surface area contributed by atoms with E-state index in [9.17, 15) is 0 Å². The van der Waals surface area contributed by atoms with Crippen molar-refractivity contribution in [2.24, 2.45) is 0 Å². The van der Waals surface area contributed by atoms with Gasteiger partial charge >= 0.3 is 6.01 Å². The van der Waals surface area contributed by atoms with E-state index in [2.05, 4.69) is 26.8 Å². The van der Waals surface area contributed by atoms with Gasteiger partial charge in [-0.2, -0.15) is 15.0 Å². The van der Waals surface area contributed by atoms with E-state index >= 15 is 0 Å². The zero-order chi connectivity index (χ0) is 12.3. The van der Waals surface area contributed by atoms with Crippen molar-refractivity contribution < 1.29 is 4.74 Å². The predicted molar refractivity (Wildman–Crippen MR) is 66.7 cm³/mol. The molecular weight excluding hydrogens is 240 g/mol. The van der Waals surface area contributed by atoms with Gasteiger partial charge in [0.15, 0.2) is 0 Å². The highest BCUT2D eigenvalue weighted by Gasteiger charge is 2.30. The molecule has 0 spiro atoms. The van der Waals surface area contributed by atoms with Gasteiger partial charge in [-0.15, -0.1) is 0 Å². The summed E-state index contributed by atoms with van der Waals surface area (Å²) in [5.74, 6) is 0.637. The van der Waals surface area contributed by atoms with E-state index in [1.165, 1.54) is 12.8 Å². The number of ether oxygens (including phenoxy) is 1. The minimum absolute atomic E-state index is 0.195. The largest absolute Gasteiger partial charge is 0.464 e. The first-order valence-corrected chi connectivity index (χ1v) is 6.43. The van der Waals surface area contributed by atoms with Crippen molar-refractivity contribution in [1.29, 1.82) is 0 Å². The molecule has 94 valence electrons. The number of aromatic nitrogens is 3. The Kier molecular flexibility index (Phi) is 3.99. The van der Waals surface area contributed by atoms with Crippen molar-refractivity contribution >= 4 is 17.5 Å². The normalized spacial score (nSPS) is 14.8. The van der Waals surface area contributed by atoms with E-state index in [0.717, 1.165) is 13.0 Å². The van der Waals surface area contributed by atoms with Crippen molar-refractivity contribution in [2.45, 2.75) is 39.2 Å². The predicted octanol–water partition coefficient (Wildman–Crippen LogP) is 2.30. The molecular formula is C11H17ClN4O. The van der Waals surface area contributed by atoms with Crippen LogP contribution in [0.1, 0.15) is 33.1 Å². The summed E-state index contributed by atoms with van der Waals surface area (Å²) < 4.78 is 5.28. The van der Waals surface area contributed by atoms with Crippen LogP contribution >= 0.6 is 11.6 Å². The minimum atomic E-state index is 0.195. The van der Waals surface area contributed by atoms with Crippen LogP contribution in [-0.2, 0) is 0 Å². The maximum Gasteiger partial charge on any atom is 0.322 e. The SMILES string of the molecule is CCCN(c1nc(Cl)nc(OCC)n1)C1CC1. The third-order valence-corrected chi connectivity index (χ3v) is 2.73. The van der Waals surface area contributed by atoms with Gasteiger partial charge in [0.05, 0.1) is 6.61 Å². The number of hydrogen-bond acceptors (Lipinski definition) is 5. The van der Waals surface area contributed by atoms with Crippen molar-refractivity contribution in [3.05, 3.63) is 5.28 Å². The number of rotatable bonds is 6. The Hall–Kier alpha value is -1.10. The maximum absolute atomic E-state index is 5.89. The summed E-state index contributed by atoms with van der Waals surface area (Å²) in [6, 6.07) is 0.868. The molecule has 5 nitrogen and oxygen atoms in total. The van der Waals surface area contributed by atoms with Gasteiger partial charge in [-0.25, -0.2) is 0 Å². The fourth-order valence-electron chi connectivity index (χ4n) is 1.72. The van der Waals surface area contributed by atoms with E-state index < -0.39 is 0 Å². The molecule has 1 aliphatic rings. The Morgan fingerprint density at radius 1 is 1.29 bits per heavy atom. The molecule has 1 heterocycles. The first-order chi connectivity index (χ1) is 8.24. The molecule has 0 radical (unpaired) electrons. The summed E-state index contributed by atoms with van der Waals surface area (Å²) in [7, 11) is 0. The summed E-state index contributed by atoms with van der Waals surface area (Å²) in [5, 5.41) is 0.195. The van der Waals surface area contributed by atoms with Gasteiger partial charge in [-0.3, -0.25) is 0 Å². The zero-order valence-electron chi connectivity index (χ0n) is 10.2. The van der Waals surface area contributed by atoms with Crippen LogP contribution in [0.2, 0.25) is 5.28 Å². The van der Waals surface area contributed by atoms with E-state index in [4.69, 9.17) is 16.3 Å². The van der Waals surface area contributed by atoms with Crippen LogP contribution in [-0.4, -0.2) is 34.1 Å². The second-order valence-corrected chi connectivity index (χ2v) is 4.38. The summed E-state index contributed by atoms with van der Waals surface area (Å²) >= 11 is 5.89. The van der Waals surface area contributed by atoms with Crippen molar-refractivity contribution in [3.8, 4) is 6.01 Å². The molecule has 1 aromatic rings. The molecule has 6 heteroatoms. The van der Waals surface area contributed by atoms with E-state index in [-0.39, 0.29) is 5.28 Å². The molecule has 0 aromatic carbocycles. The number of anilines is 1. The molecule has 0 amide bonds. The molecule has 1 saturated carbocycles. The average molecular weight is 257 g/mol. The Morgan fingerprint density at radius 2 is 2.06 bits per heavy atom. The minimum Gasteiger partial charge on any atom is -0.464 e. The number of halogens is 1. The number of nitrogens with zero attached hydrogens (tertiary/aromatic N) is 4. The highest BCUT2D eigenvalue weighted by molar-refractivity contribution is 6.28. The lowest BCUT2D eigenvalue weighted by atomic mass is 10.4. The smallest absolute Gasteiger partial charge is 0.322 e. The molecule has 0 aliphatic heterocycles. The Balaban J connectivity index is 2.22. The first-order valence-electron chi connectivity index (χ1n) is 6.05. The Morgan fingerprint density at radius 3 is 2.65 bits per heavy atom. The van der Waals surface area contributed by atoms with E-state index in [0.29, 0.717) is 24.6 Å². The summed E-state index contributed by atoms with van der Waals surface area (Å²) in [6.07, 6.45) is 3.46. The van der Waals surface area contributed by atoms with Crippen LogP contribution in [0.4, 0.5) is 5.95 Å². The third kappa shape index (κ3) is 3.19.